The largest absolute Gasteiger partial charge is 0.365 e. The van der Waals surface area contributed by atoms with Gasteiger partial charge in [0.2, 0.25) is 5.56 Å². The third-order valence-corrected chi connectivity index (χ3v) is 5.48. The Balaban J connectivity index is 1.75. The summed E-state index contributed by atoms with van der Waals surface area (Å²) in [6.07, 6.45) is 3.50. The molecule has 1 saturated heterocycles. The summed E-state index contributed by atoms with van der Waals surface area (Å²) >= 11 is 0. The van der Waals surface area contributed by atoms with Crippen LogP contribution in [-0.4, -0.2) is 30.0 Å². The number of rotatable bonds is 2. The number of aromatic amines is 1. The van der Waals surface area contributed by atoms with E-state index in [1.807, 2.05) is 43.0 Å². The summed E-state index contributed by atoms with van der Waals surface area (Å²) in [6.45, 7) is 5.75. The normalized spacial score (nSPS) is 19.3. The molecule has 2 aromatic rings. The molecule has 1 aromatic carbocycles. The maximum absolute atomic E-state index is 13.3. The van der Waals surface area contributed by atoms with Crippen molar-refractivity contribution in [2.24, 2.45) is 0 Å². The van der Waals surface area contributed by atoms with Gasteiger partial charge < -0.3 is 14.8 Å². The molecule has 1 atom stereocenters. The Labute approximate surface area is 153 Å². The Morgan fingerprint density at radius 3 is 2.69 bits per heavy atom. The SMILES string of the molecule is CC(C)c1cc(C(=O)N2CC3CCCCN3c3ccccc32)cc(=O)[nH]1. The minimum absolute atomic E-state index is 0.0873. The number of piperidine rings is 1. The second kappa shape index (κ2) is 6.63. The molecular weight excluding hydrogens is 326 g/mol. The van der Waals surface area contributed by atoms with Crippen LogP contribution in [0.15, 0.2) is 41.2 Å². The average molecular weight is 351 g/mol. The first-order valence-electron chi connectivity index (χ1n) is 9.46. The molecule has 4 rings (SSSR count). The van der Waals surface area contributed by atoms with Crippen LogP contribution in [0.3, 0.4) is 0 Å². The molecule has 2 aliphatic rings. The van der Waals surface area contributed by atoms with Crippen molar-refractivity contribution in [1.82, 2.24) is 4.98 Å². The number of nitrogens with zero attached hydrogens (tertiary/aromatic N) is 2. The lowest BCUT2D eigenvalue weighted by Gasteiger charge is -2.46. The molecule has 0 saturated carbocycles. The van der Waals surface area contributed by atoms with Crippen LogP contribution in [0.4, 0.5) is 11.4 Å². The van der Waals surface area contributed by atoms with Crippen molar-refractivity contribution < 1.29 is 4.79 Å². The first kappa shape index (κ1) is 16.9. The van der Waals surface area contributed by atoms with Gasteiger partial charge in [-0.25, -0.2) is 0 Å². The molecule has 1 fully saturated rings. The van der Waals surface area contributed by atoms with E-state index >= 15 is 0 Å². The fourth-order valence-corrected chi connectivity index (χ4v) is 4.10. The zero-order valence-corrected chi connectivity index (χ0v) is 15.4. The number of pyridine rings is 1. The number of hydrogen-bond acceptors (Lipinski definition) is 3. The van der Waals surface area contributed by atoms with E-state index in [4.69, 9.17) is 0 Å². The highest BCUT2D eigenvalue weighted by molar-refractivity contribution is 6.08. The van der Waals surface area contributed by atoms with Gasteiger partial charge in [0, 0.05) is 36.5 Å². The van der Waals surface area contributed by atoms with Crippen LogP contribution < -0.4 is 15.4 Å². The Kier molecular flexibility index (Phi) is 4.31. The van der Waals surface area contributed by atoms with E-state index in [0.717, 1.165) is 30.0 Å². The molecule has 1 N–H and O–H groups in total. The molecule has 0 radical (unpaired) electrons. The molecule has 3 heterocycles. The van der Waals surface area contributed by atoms with Crippen molar-refractivity contribution in [3.05, 3.63) is 58.0 Å². The molecular formula is C21H25N3O2. The Bertz CT molecular complexity index is 887. The summed E-state index contributed by atoms with van der Waals surface area (Å²) in [6, 6.07) is 11.7. The van der Waals surface area contributed by atoms with Crippen LogP contribution in [0, 0.1) is 0 Å². The topological polar surface area (TPSA) is 56.4 Å². The van der Waals surface area contributed by atoms with Gasteiger partial charge in [0.25, 0.3) is 5.91 Å². The van der Waals surface area contributed by atoms with Gasteiger partial charge in [-0.05, 0) is 43.4 Å². The minimum atomic E-state index is -0.218. The van der Waals surface area contributed by atoms with Crippen LogP contribution in [-0.2, 0) is 0 Å². The summed E-state index contributed by atoms with van der Waals surface area (Å²) in [7, 11) is 0. The Morgan fingerprint density at radius 1 is 1.15 bits per heavy atom. The third kappa shape index (κ3) is 2.91. The third-order valence-electron chi connectivity index (χ3n) is 5.48. The summed E-state index contributed by atoms with van der Waals surface area (Å²) in [4.78, 5) is 32.5. The highest BCUT2D eigenvalue weighted by Crippen LogP contribution is 2.39. The van der Waals surface area contributed by atoms with Crippen molar-refractivity contribution >= 4 is 17.3 Å². The number of anilines is 2. The second-order valence-electron chi connectivity index (χ2n) is 7.59. The van der Waals surface area contributed by atoms with E-state index < -0.39 is 0 Å². The van der Waals surface area contributed by atoms with Crippen molar-refractivity contribution in [2.45, 2.75) is 45.1 Å². The van der Waals surface area contributed by atoms with E-state index in [2.05, 4.69) is 16.0 Å². The molecule has 1 unspecified atom stereocenters. The van der Waals surface area contributed by atoms with Gasteiger partial charge in [0.05, 0.1) is 11.4 Å². The van der Waals surface area contributed by atoms with Crippen LogP contribution in [0.25, 0.3) is 0 Å². The van der Waals surface area contributed by atoms with Gasteiger partial charge >= 0.3 is 0 Å². The lowest BCUT2D eigenvalue weighted by atomic mass is 9.96. The van der Waals surface area contributed by atoms with Crippen LogP contribution in [0.2, 0.25) is 0 Å². The van der Waals surface area contributed by atoms with Crippen molar-refractivity contribution in [3.8, 4) is 0 Å². The van der Waals surface area contributed by atoms with Crippen molar-refractivity contribution in [1.29, 1.82) is 0 Å². The van der Waals surface area contributed by atoms with Gasteiger partial charge in [-0.15, -0.1) is 0 Å². The number of para-hydroxylation sites is 2. The number of benzene rings is 1. The summed E-state index contributed by atoms with van der Waals surface area (Å²) < 4.78 is 0. The fourth-order valence-electron chi connectivity index (χ4n) is 4.10. The monoisotopic (exact) mass is 351 g/mol. The molecule has 26 heavy (non-hydrogen) atoms. The second-order valence-corrected chi connectivity index (χ2v) is 7.59. The van der Waals surface area contributed by atoms with Gasteiger partial charge in [0.15, 0.2) is 0 Å². The first-order chi connectivity index (χ1) is 12.5. The van der Waals surface area contributed by atoms with Gasteiger partial charge in [-0.1, -0.05) is 26.0 Å². The number of amides is 1. The lowest BCUT2D eigenvalue weighted by Crippen LogP contribution is -2.53. The van der Waals surface area contributed by atoms with Crippen LogP contribution in [0.5, 0.6) is 0 Å². The van der Waals surface area contributed by atoms with Gasteiger partial charge in [-0.2, -0.15) is 0 Å². The molecule has 2 aliphatic heterocycles. The van der Waals surface area contributed by atoms with Crippen molar-refractivity contribution in [2.75, 3.05) is 22.9 Å². The van der Waals surface area contributed by atoms with E-state index in [1.54, 1.807) is 0 Å². The van der Waals surface area contributed by atoms with E-state index in [-0.39, 0.29) is 17.4 Å². The number of carbonyl (C=O) groups is 1. The predicted octanol–water partition coefficient (Wildman–Crippen LogP) is 3.52. The summed E-state index contributed by atoms with van der Waals surface area (Å²) in [5.41, 5.74) is 3.12. The smallest absolute Gasteiger partial charge is 0.258 e. The molecule has 5 nitrogen and oxygen atoms in total. The maximum atomic E-state index is 13.3. The van der Waals surface area contributed by atoms with E-state index in [1.165, 1.54) is 18.9 Å². The number of H-pyrrole nitrogens is 1. The lowest BCUT2D eigenvalue weighted by molar-refractivity contribution is 0.0982. The Hall–Kier alpha value is -2.56. The number of aromatic nitrogens is 1. The fraction of sp³-hybridized carbons (Fsp3) is 0.429. The first-order valence-corrected chi connectivity index (χ1v) is 9.46. The van der Waals surface area contributed by atoms with E-state index in [0.29, 0.717) is 18.2 Å². The number of fused-ring (bicyclic) bond motifs is 3. The quantitative estimate of drug-likeness (QED) is 0.901. The zero-order valence-electron chi connectivity index (χ0n) is 15.4. The predicted molar refractivity (Wildman–Crippen MR) is 104 cm³/mol. The van der Waals surface area contributed by atoms with Crippen LogP contribution in [0.1, 0.15) is 55.1 Å². The molecule has 0 bridgehead atoms. The average Bonchev–Trinajstić information content (AvgIpc) is 2.66. The maximum Gasteiger partial charge on any atom is 0.258 e. The number of carbonyl (C=O) groups excluding carboxylic acids is 1. The number of nitrogens with one attached hydrogen (secondary N) is 1. The van der Waals surface area contributed by atoms with Crippen LogP contribution >= 0.6 is 0 Å². The highest BCUT2D eigenvalue weighted by Gasteiger charge is 2.35. The molecule has 1 aromatic heterocycles. The Morgan fingerprint density at radius 2 is 1.92 bits per heavy atom. The summed E-state index contributed by atoms with van der Waals surface area (Å²) in [5, 5.41) is 0. The standard InChI is InChI=1S/C21H25N3O2/c1-14(2)17-11-15(12-20(25)22-17)21(26)24-13-16-7-5-6-10-23(16)18-8-3-4-9-19(18)24/h3-4,8-9,11-12,14,16H,5-7,10,13H2,1-2H3,(H,22,25). The zero-order chi connectivity index (χ0) is 18.3. The molecule has 1 amide bonds. The van der Waals surface area contributed by atoms with Gasteiger partial charge in [0.1, 0.15) is 0 Å². The molecule has 5 heteroatoms. The highest BCUT2D eigenvalue weighted by atomic mass is 16.2. The van der Waals surface area contributed by atoms with E-state index in [9.17, 15) is 9.59 Å². The molecule has 0 spiro atoms. The molecule has 136 valence electrons. The number of hydrogen-bond donors (Lipinski definition) is 1. The van der Waals surface area contributed by atoms with Crippen molar-refractivity contribution in [3.63, 3.8) is 0 Å². The minimum Gasteiger partial charge on any atom is -0.365 e. The van der Waals surface area contributed by atoms with Gasteiger partial charge in [-0.3, -0.25) is 9.59 Å². The summed E-state index contributed by atoms with van der Waals surface area (Å²) in [5.74, 6) is 0.0774. The molecule has 0 aliphatic carbocycles.